The third kappa shape index (κ3) is 3.04. The summed E-state index contributed by atoms with van der Waals surface area (Å²) in [6.45, 7) is 5.62. The Labute approximate surface area is 109 Å². The van der Waals surface area contributed by atoms with Gasteiger partial charge in [0.1, 0.15) is 5.25 Å². The predicted octanol–water partition coefficient (Wildman–Crippen LogP) is 2.70. The fraction of sp³-hybridized carbons (Fsp3) is 0.385. The SMILES string of the molecule is Cc1cccc(C[S@@](=O)[C@H](C)c2nc(C)no2)c1. The van der Waals surface area contributed by atoms with Crippen molar-refractivity contribution in [3.8, 4) is 0 Å². The van der Waals surface area contributed by atoms with Crippen LogP contribution < -0.4 is 0 Å². The monoisotopic (exact) mass is 264 g/mol. The van der Waals surface area contributed by atoms with Crippen LogP contribution in [0.15, 0.2) is 28.8 Å². The molecular formula is C13H16N2O2S. The van der Waals surface area contributed by atoms with Gasteiger partial charge in [-0.2, -0.15) is 4.98 Å². The molecule has 2 aromatic rings. The third-order valence-electron chi connectivity index (χ3n) is 2.68. The van der Waals surface area contributed by atoms with Gasteiger partial charge in [0.15, 0.2) is 5.82 Å². The number of benzene rings is 1. The molecule has 0 fully saturated rings. The first-order chi connectivity index (χ1) is 8.56. The van der Waals surface area contributed by atoms with Crippen LogP contribution in [0.25, 0.3) is 0 Å². The Bertz CT molecular complexity index is 566. The summed E-state index contributed by atoms with van der Waals surface area (Å²) >= 11 is 0. The van der Waals surface area contributed by atoms with Crippen LogP contribution in [0.5, 0.6) is 0 Å². The lowest BCUT2D eigenvalue weighted by atomic mass is 10.2. The molecule has 0 aliphatic rings. The number of hydrogen-bond donors (Lipinski definition) is 0. The molecule has 4 nitrogen and oxygen atoms in total. The second kappa shape index (κ2) is 5.44. The van der Waals surface area contributed by atoms with E-state index in [1.807, 2.05) is 38.1 Å². The highest BCUT2D eigenvalue weighted by molar-refractivity contribution is 7.84. The standard InChI is InChI=1S/C13H16N2O2S/c1-9-5-4-6-12(7-9)8-18(16)10(2)13-14-11(3)15-17-13/h4-7,10H,8H2,1-3H3/t10-,18-/m1/s1. The van der Waals surface area contributed by atoms with E-state index in [1.54, 1.807) is 6.92 Å². The fourth-order valence-corrected chi connectivity index (χ4v) is 2.76. The van der Waals surface area contributed by atoms with Gasteiger partial charge in [-0.15, -0.1) is 0 Å². The van der Waals surface area contributed by atoms with Crippen LogP contribution in [-0.4, -0.2) is 14.3 Å². The Balaban J connectivity index is 2.08. The molecule has 0 saturated carbocycles. The van der Waals surface area contributed by atoms with Gasteiger partial charge in [0.05, 0.1) is 0 Å². The van der Waals surface area contributed by atoms with E-state index in [2.05, 4.69) is 10.1 Å². The molecule has 18 heavy (non-hydrogen) atoms. The van der Waals surface area contributed by atoms with Crippen LogP contribution in [0.3, 0.4) is 0 Å². The van der Waals surface area contributed by atoms with E-state index in [0.29, 0.717) is 17.5 Å². The number of nitrogens with zero attached hydrogens (tertiary/aromatic N) is 2. The fourth-order valence-electron chi connectivity index (χ4n) is 1.68. The molecule has 1 aromatic heterocycles. The smallest absolute Gasteiger partial charge is 0.242 e. The molecule has 1 heterocycles. The Morgan fingerprint density at radius 3 is 2.78 bits per heavy atom. The molecule has 0 unspecified atom stereocenters. The summed E-state index contributed by atoms with van der Waals surface area (Å²) < 4.78 is 17.3. The Hall–Kier alpha value is -1.49. The molecule has 0 bridgehead atoms. The minimum atomic E-state index is -1.06. The summed E-state index contributed by atoms with van der Waals surface area (Å²) in [6, 6.07) is 8.03. The molecule has 2 rings (SSSR count). The molecule has 1 aromatic carbocycles. The summed E-state index contributed by atoms with van der Waals surface area (Å²) in [4.78, 5) is 4.12. The van der Waals surface area contributed by atoms with E-state index in [4.69, 9.17) is 4.52 Å². The molecular weight excluding hydrogens is 248 g/mol. The quantitative estimate of drug-likeness (QED) is 0.852. The molecule has 0 aliphatic heterocycles. The van der Waals surface area contributed by atoms with Gasteiger partial charge in [-0.1, -0.05) is 35.0 Å². The molecule has 96 valence electrons. The normalized spacial score (nSPS) is 14.4. The van der Waals surface area contributed by atoms with E-state index in [1.165, 1.54) is 5.56 Å². The number of rotatable bonds is 4. The summed E-state index contributed by atoms with van der Waals surface area (Å²) in [5, 5.41) is 3.48. The minimum absolute atomic E-state index is 0.244. The number of hydrogen-bond acceptors (Lipinski definition) is 4. The Kier molecular flexibility index (Phi) is 3.91. The van der Waals surface area contributed by atoms with Crippen LogP contribution in [-0.2, 0) is 16.6 Å². The maximum atomic E-state index is 12.2. The van der Waals surface area contributed by atoms with Gasteiger partial charge in [0.2, 0.25) is 5.89 Å². The minimum Gasteiger partial charge on any atom is -0.338 e. The predicted molar refractivity (Wildman–Crippen MR) is 70.5 cm³/mol. The summed E-state index contributed by atoms with van der Waals surface area (Å²) in [7, 11) is -1.06. The van der Waals surface area contributed by atoms with Crippen LogP contribution in [0, 0.1) is 13.8 Å². The van der Waals surface area contributed by atoms with Crippen molar-refractivity contribution in [2.24, 2.45) is 0 Å². The molecule has 5 heteroatoms. The highest BCUT2D eigenvalue weighted by Gasteiger charge is 2.19. The van der Waals surface area contributed by atoms with Gasteiger partial charge >= 0.3 is 0 Å². The lowest BCUT2D eigenvalue weighted by Gasteiger charge is -2.07. The molecule has 0 radical (unpaired) electrons. The van der Waals surface area contributed by atoms with Crippen molar-refractivity contribution in [2.45, 2.75) is 31.8 Å². The van der Waals surface area contributed by atoms with Gasteiger partial charge in [-0.3, -0.25) is 4.21 Å². The van der Waals surface area contributed by atoms with Gasteiger partial charge in [-0.05, 0) is 26.3 Å². The largest absolute Gasteiger partial charge is 0.338 e. The van der Waals surface area contributed by atoms with E-state index < -0.39 is 10.8 Å². The maximum Gasteiger partial charge on any atom is 0.242 e. The molecule has 0 amide bonds. The second-order valence-electron chi connectivity index (χ2n) is 4.34. The van der Waals surface area contributed by atoms with Crippen molar-refractivity contribution in [2.75, 3.05) is 0 Å². The Morgan fingerprint density at radius 2 is 2.17 bits per heavy atom. The second-order valence-corrected chi connectivity index (χ2v) is 6.09. The van der Waals surface area contributed by atoms with Crippen LogP contribution >= 0.6 is 0 Å². The van der Waals surface area contributed by atoms with Crippen molar-refractivity contribution in [1.29, 1.82) is 0 Å². The zero-order valence-corrected chi connectivity index (χ0v) is 11.5. The van der Waals surface area contributed by atoms with Crippen LogP contribution in [0.2, 0.25) is 0 Å². The topological polar surface area (TPSA) is 56.0 Å². The lowest BCUT2D eigenvalue weighted by molar-refractivity contribution is 0.375. The number of aromatic nitrogens is 2. The van der Waals surface area contributed by atoms with Gasteiger partial charge < -0.3 is 4.52 Å². The Morgan fingerprint density at radius 1 is 1.39 bits per heavy atom. The van der Waals surface area contributed by atoms with Crippen molar-refractivity contribution in [1.82, 2.24) is 10.1 Å². The summed E-state index contributed by atoms with van der Waals surface area (Å²) in [5.41, 5.74) is 2.24. The first-order valence-electron chi connectivity index (χ1n) is 5.79. The van der Waals surface area contributed by atoms with Crippen molar-refractivity contribution >= 4 is 10.8 Å². The lowest BCUT2D eigenvalue weighted by Crippen LogP contribution is -2.06. The summed E-state index contributed by atoms with van der Waals surface area (Å²) in [6.07, 6.45) is 0. The summed E-state index contributed by atoms with van der Waals surface area (Å²) in [5.74, 6) is 1.52. The van der Waals surface area contributed by atoms with E-state index in [0.717, 1.165) is 5.56 Å². The number of aryl methyl sites for hydroxylation is 2. The molecule has 0 saturated heterocycles. The van der Waals surface area contributed by atoms with E-state index in [-0.39, 0.29) is 5.25 Å². The van der Waals surface area contributed by atoms with E-state index in [9.17, 15) is 4.21 Å². The highest BCUT2D eigenvalue weighted by atomic mass is 32.2. The van der Waals surface area contributed by atoms with Crippen LogP contribution in [0.1, 0.15) is 35.0 Å². The highest BCUT2D eigenvalue weighted by Crippen LogP contribution is 2.20. The molecule has 2 atom stereocenters. The molecule has 0 spiro atoms. The van der Waals surface area contributed by atoms with Gasteiger partial charge in [0.25, 0.3) is 0 Å². The zero-order valence-electron chi connectivity index (χ0n) is 10.7. The first-order valence-corrected chi connectivity index (χ1v) is 7.17. The van der Waals surface area contributed by atoms with Crippen molar-refractivity contribution < 1.29 is 8.73 Å². The maximum absolute atomic E-state index is 12.2. The average molecular weight is 264 g/mol. The van der Waals surface area contributed by atoms with Gasteiger partial charge in [0, 0.05) is 16.6 Å². The van der Waals surface area contributed by atoms with E-state index >= 15 is 0 Å². The zero-order chi connectivity index (χ0) is 13.1. The average Bonchev–Trinajstić information content (AvgIpc) is 2.75. The van der Waals surface area contributed by atoms with Crippen molar-refractivity contribution in [3.05, 3.63) is 47.1 Å². The molecule has 0 N–H and O–H groups in total. The third-order valence-corrected chi connectivity index (χ3v) is 4.28. The van der Waals surface area contributed by atoms with Crippen molar-refractivity contribution in [3.63, 3.8) is 0 Å². The molecule has 0 aliphatic carbocycles. The van der Waals surface area contributed by atoms with Gasteiger partial charge in [-0.25, -0.2) is 0 Å². The first kappa shape index (κ1) is 13.0. The van der Waals surface area contributed by atoms with Crippen LogP contribution in [0.4, 0.5) is 0 Å².